The fourth-order valence-electron chi connectivity index (χ4n) is 3.72. The summed E-state index contributed by atoms with van der Waals surface area (Å²) in [6, 6.07) is 14.1. The zero-order chi connectivity index (χ0) is 20.9. The highest BCUT2D eigenvalue weighted by atomic mass is 32.2. The van der Waals surface area contributed by atoms with Crippen molar-refractivity contribution in [1.29, 1.82) is 0 Å². The Kier molecular flexibility index (Phi) is 6.92. The molecule has 0 fully saturated rings. The summed E-state index contributed by atoms with van der Waals surface area (Å²) in [5.41, 5.74) is 4.67. The van der Waals surface area contributed by atoms with Gasteiger partial charge in [-0.2, -0.15) is 0 Å². The van der Waals surface area contributed by atoms with Gasteiger partial charge in [0.25, 0.3) is 0 Å². The van der Waals surface area contributed by atoms with E-state index in [-0.39, 0.29) is 0 Å². The van der Waals surface area contributed by atoms with E-state index in [4.69, 9.17) is 0 Å². The number of rotatable bonds is 6. The molecule has 1 aliphatic rings. The predicted molar refractivity (Wildman–Crippen MR) is 118 cm³/mol. The Morgan fingerprint density at radius 2 is 1.90 bits per heavy atom. The monoisotopic (exact) mass is 414 g/mol. The van der Waals surface area contributed by atoms with Gasteiger partial charge in [0.1, 0.15) is 0 Å². The number of hydrogen-bond donors (Lipinski definition) is 2. The van der Waals surface area contributed by atoms with E-state index in [0.717, 1.165) is 49.7 Å². The molecule has 2 aromatic carbocycles. The largest absolute Gasteiger partial charge is 0.355 e. The lowest BCUT2D eigenvalue weighted by Gasteiger charge is -2.28. The maximum absolute atomic E-state index is 11.7. The minimum absolute atomic E-state index is 0.381. The molecule has 156 valence electrons. The van der Waals surface area contributed by atoms with Crippen LogP contribution in [-0.4, -0.2) is 52.2 Å². The van der Waals surface area contributed by atoms with Gasteiger partial charge in [-0.1, -0.05) is 36.4 Å². The van der Waals surface area contributed by atoms with Crippen molar-refractivity contribution in [1.82, 2.24) is 15.5 Å². The van der Waals surface area contributed by atoms with Crippen molar-refractivity contribution in [2.45, 2.75) is 31.3 Å². The minimum Gasteiger partial charge on any atom is -0.355 e. The number of nitrogens with zero attached hydrogens (tertiary/aromatic N) is 2. The Morgan fingerprint density at radius 3 is 2.59 bits per heavy atom. The lowest BCUT2D eigenvalue weighted by atomic mass is 10.00. The summed E-state index contributed by atoms with van der Waals surface area (Å²) in [7, 11) is -1.43. The second kappa shape index (κ2) is 9.41. The van der Waals surface area contributed by atoms with Crippen molar-refractivity contribution in [3.63, 3.8) is 0 Å². The third-order valence-electron chi connectivity index (χ3n) is 5.25. The highest BCUT2D eigenvalue weighted by Gasteiger charge is 2.15. The van der Waals surface area contributed by atoms with Gasteiger partial charge < -0.3 is 10.6 Å². The van der Waals surface area contributed by atoms with Gasteiger partial charge in [0.05, 0.1) is 4.90 Å². The lowest BCUT2D eigenvalue weighted by Crippen LogP contribution is -2.42. The molecule has 2 aromatic rings. The average Bonchev–Trinajstić information content (AvgIpc) is 2.69. The van der Waals surface area contributed by atoms with E-state index in [0.29, 0.717) is 11.4 Å². The fraction of sp³-hybridized carbons (Fsp3) is 0.409. The number of hydrogen-bond acceptors (Lipinski definition) is 4. The third kappa shape index (κ3) is 5.81. The molecule has 2 N–H and O–H groups in total. The summed E-state index contributed by atoms with van der Waals surface area (Å²) in [6.45, 7) is 6.25. The standard InChI is InChI=1S/C22H30N4O2S/c1-17-14-18(8-9-21(17)29(3,27)28)15-25-22(23-2)24-11-13-26-12-10-19-6-4-5-7-20(19)16-26/h4-9,14H,10-13,15-16H2,1-3H3,(H2,23,24,25). The van der Waals surface area contributed by atoms with Crippen LogP contribution in [0.2, 0.25) is 0 Å². The van der Waals surface area contributed by atoms with Gasteiger partial charge in [0.15, 0.2) is 15.8 Å². The van der Waals surface area contributed by atoms with Crippen molar-refractivity contribution < 1.29 is 8.42 Å². The van der Waals surface area contributed by atoms with E-state index in [1.807, 2.05) is 19.1 Å². The van der Waals surface area contributed by atoms with E-state index in [1.165, 1.54) is 17.4 Å². The van der Waals surface area contributed by atoms with E-state index in [9.17, 15) is 8.42 Å². The molecule has 0 aromatic heterocycles. The first-order chi connectivity index (χ1) is 13.9. The van der Waals surface area contributed by atoms with Gasteiger partial charge in [-0.25, -0.2) is 8.42 Å². The highest BCUT2D eigenvalue weighted by Crippen LogP contribution is 2.18. The second-order valence-electron chi connectivity index (χ2n) is 7.52. The Hall–Kier alpha value is -2.38. The maximum atomic E-state index is 11.7. The van der Waals surface area contributed by atoms with Crippen molar-refractivity contribution in [3.8, 4) is 0 Å². The Balaban J connectivity index is 1.46. The molecule has 0 saturated heterocycles. The molecule has 0 spiro atoms. The SMILES string of the molecule is CN=C(NCCN1CCc2ccccc2C1)NCc1ccc(S(C)(=O)=O)c(C)c1. The maximum Gasteiger partial charge on any atom is 0.191 e. The first kappa shape index (κ1) is 21.3. The minimum atomic E-state index is -3.19. The number of aryl methyl sites for hydroxylation is 1. The van der Waals surface area contributed by atoms with Crippen molar-refractivity contribution in [2.24, 2.45) is 4.99 Å². The van der Waals surface area contributed by atoms with Crippen LogP contribution in [0.5, 0.6) is 0 Å². The Labute approximate surface area is 174 Å². The smallest absolute Gasteiger partial charge is 0.191 e. The van der Waals surface area contributed by atoms with Gasteiger partial charge >= 0.3 is 0 Å². The van der Waals surface area contributed by atoms with Crippen LogP contribution < -0.4 is 10.6 Å². The molecule has 7 heteroatoms. The second-order valence-corrected chi connectivity index (χ2v) is 9.50. The number of nitrogens with one attached hydrogen (secondary N) is 2. The molecular weight excluding hydrogens is 384 g/mol. The van der Waals surface area contributed by atoms with Crippen LogP contribution in [0.3, 0.4) is 0 Å². The van der Waals surface area contributed by atoms with E-state index in [1.54, 1.807) is 13.1 Å². The van der Waals surface area contributed by atoms with Gasteiger partial charge in [0.2, 0.25) is 0 Å². The Morgan fingerprint density at radius 1 is 1.14 bits per heavy atom. The van der Waals surface area contributed by atoms with Crippen molar-refractivity contribution in [2.75, 3.05) is 32.9 Å². The average molecular weight is 415 g/mol. The molecule has 0 radical (unpaired) electrons. The molecule has 3 rings (SSSR count). The highest BCUT2D eigenvalue weighted by molar-refractivity contribution is 7.90. The predicted octanol–water partition coefficient (Wildman–Crippen LogP) is 2.12. The molecule has 1 heterocycles. The summed E-state index contributed by atoms with van der Waals surface area (Å²) < 4.78 is 23.5. The molecule has 29 heavy (non-hydrogen) atoms. The van der Waals surface area contributed by atoms with E-state index < -0.39 is 9.84 Å². The van der Waals surface area contributed by atoms with Gasteiger partial charge in [-0.3, -0.25) is 9.89 Å². The summed E-state index contributed by atoms with van der Waals surface area (Å²) in [5.74, 6) is 0.743. The molecular formula is C22H30N4O2S. The first-order valence-electron chi connectivity index (χ1n) is 9.90. The molecule has 1 aliphatic heterocycles. The fourth-order valence-corrected chi connectivity index (χ4v) is 4.68. The number of fused-ring (bicyclic) bond motifs is 1. The lowest BCUT2D eigenvalue weighted by molar-refractivity contribution is 0.258. The van der Waals surface area contributed by atoms with Crippen LogP contribution in [0.1, 0.15) is 22.3 Å². The third-order valence-corrected chi connectivity index (χ3v) is 6.51. The van der Waals surface area contributed by atoms with Crippen LogP contribution in [0, 0.1) is 6.92 Å². The number of guanidine groups is 1. The number of sulfone groups is 1. The van der Waals surface area contributed by atoms with Crippen LogP contribution in [0.4, 0.5) is 0 Å². The van der Waals surface area contributed by atoms with Crippen LogP contribution in [-0.2, 0) is 29.3 Å². The van der Waals surface area contributed by atoms with E-state index >= 15 is 0 Å². The quantitative estimate of drug-likeness (QED) is 0.560. The molecule has 0 saturated carbocycles. The van der Waals surface area contributed by atoms with Gasteiger partial charge in [-0.05, 0) is 41.7 Å². The van der Waals surface area contributed by atoms with Crippen molar-refractivity contribution in [3.05, 3.63) is 64.7 Å². The van der Waals surface area contributed by atoms with Crippen LogP contribution in [0.15, 0.2) is 52.4 Å². The first-order valence-corrected chi connectivity index (χ1v) is 11.8. The molecule has 0 atom stereocenters. The molecule has 0 aliphatic carbocycles. The Bertz CT molecular complexity index is 986. The number of aliphatic imine (C=N–C) groups is 1. The van der Waals surface area contributed by atoms with Crippen LogP contribution >= 0.6 is 0 Å². The number of benzene rings is 2. The topological polar surface area (TPSA) is 73.8 Å². The molecule has 0 amide bonds. The summed E-state index contributed by atoms with van der Waals surface area (Å²) >= 11 is 0. The molecule has 6 nitrogen and oxygen atoms in total. The van der Waals surface area contributed by atoms with Crippen molar-refractivity contribution >= 4 is 15.8 Å². The summed E-state index contributed by atoms with van der Waals surface area (Å²) in [4.78, 5) is 7.12. The zero-order valence-electron chi connectivity index (χ0n) is 17.4. The summed E-state index contributed by atoms with van der Waals surface area (Å²) in [6.07, 6.45) is 2.34. The zero-order valence-corrected chi connectivity index (χ0v) is 18.2. The van der Waals surface area contributed by atoms with Gasteiger partial charge in [0, 0.05) is 46.0 Å². The van der Waals surface area contributed by atoms with Crippen LogP contribution in [0.25, 0.3) is 0 Å². The summed E-state index contributed by atoms with van der Waals surface area (Å²) in [5, 5.41) is 6.66. The van der Waals surface area contributed by atoms with E-state index in [2.05, 4.69) is 44.8 Å². The molecule has 0 unspecified atom stereocenters. The normalized spacial score (nSPS) is 15.1. The van der Waals surface area contributed by atoms with Gasteiger partial charge in [-0.15, -0.1) is 0 Å². The molecule has 0 bridgehead atoms.